The van der Waals surface area contributed by atoms with Crippen LogP contribution < -0.4 is 5.32 Å². The quantitative estimate of drug-likeness (QED) is 0.714. The van der Waals surface area contributed by atoms with Gasteiger partial charge in [-0.25, -0.2) is 0 Å². The number of rotatable bonds is 8. The molecule has 1 aromatic heterocycles. The van der Waals surface area contributed by atoms with Crippen molar-refractivity contribution in [3.05, 3.63) is 17.5 Å². The van der Waals surface area contributed by atoms with Gasteiger partial charge in [0, 0.05) is 31.4 Å². The van der Waals surface area contributed by atoms with Crippen LogP contribution in [0.5, 0.6) is 0 Å². The van der Waals surface area contributed by atoms with E-state index >= 15 is 0 Å². The SMILES string of the molecule is O=C(NCCCOC[C@@H]1CCCO1)c1cc(C2CC2)[nH]n1. The molecule has 0 aromatic carbocycles. The van der Waals surface area contributed by atoms with Crippen molar-refractivity contribution >= 4 is 5.91 Å². The van der Waals surface area contributed by atoms with E-state index in [9.17, 15) is 4.79 Å². The smallest absolute Gasteiger partial charge is 0.271 e. The fourth-order valence-corrected chi connectivity index (χ4v) is 2.51. The van der Waals surface area contributed by atoms with Crippen LogP contribution in [0.1, 0.15) is 54.2 Å². The van der Waals surface area contributed by atoms with E-state index in [4.69, 9.17) is 9.47 Å². The molecule has 1 amide bonds. The number of carbonyl (C=O) groups is 1. The number of ether oxygens (including phenoxy) is 2. The topological polar surface area (TPSA) is 76.2 Å². The molecule has 0 radical (unpaired) electrons. The van der Waals surface area contributed by atoms with E-state index in [1.807, 2.05) is 6.07 Å². The van der Waals surface area contributed by atoms with Crippen LogP contribution in [-0.4, -0.2) is 48.6 Å². The van der Waals surface area contributed by atoms with Gasteiger partial charge in [0.1, 0.15) is 5.69 Å². The van der Waals surface area contributed by atoms with Gasteiger partial charge in [0.15, 0.2) is 0 Å². The molecular formula is C15H23N3O3. The normalized spacial score (nSPS) is 21.6. The first-order chi connectivity index (χ1) is 10.3. The second-order valence-electron chi connectivity index (χ2n) is 5.80. The van der Waals surface area contributed by atoms with Crippen molar-refractivity contribution in [2.75, 3.05) is 26.4 Å². The summed E-state index contributed by atoms with van der Waals surface area (Å²) in [5, 5.41) is 9.87. The molecule has 1 saturated heterocycles. The summed E-state index contributed by atoms with van der Waals surface area (Å²) in [5.41, 5.74) is 1.57. The summed E-state index contributed by atoms with van der Waals surface area (Å²) in [6.07, 6.45) is 5.70. The van der Waals surface area contributed by atoms with Gasteiger partial charge in [-0.3, -0.25) is 9.89 Å². The summed E-state index contributed by atoms with van der Waals surface area (Å²) >= 11 is 0. The Morgan fingerprint density at radius 2 is 2.38 bits per heavy atom. The van der Waals surface area contributed by atoms with E-state index in [2.05, 4.69) is 15.5 Å². The molecular weight excluding hydrogens is 270 g/mol. The summed E-state index contributed by atoms with van der Waals surface area (Å²) in [7, 11) is 0. The van der Waals surface area contributed by atoms with Gasteiger partial charge in [0.05, 0.1) is 12.7 Å². The number of amides is 1. The summed E-state index contributed by atoms with van der Waals surface area (Å²) in [5.74, 6) is 0.475. The van der Waals surface area contributed by atoms with E-state index in [0.29, 0.717) is 31.4 Å². The first-order valence-electron chi connectivity index (χ1n) is 7.86. The zero-order chi connectivity index (χ0) is 14.5. The molecule has 0 bridgehead atoms. The maximum atomic E-state index is 11.9. The lowest BCUT2D eigenvalue weighted by molar-refractivity contribution is 0.0166. The van der Waals surface area contributed by atoms with Crippen LogP contribution >= 0.6 is 0 Å². The monoisotopic (exact) mass is 293 g/mol. The minimum absolute atomic E-state index is 0.114. The minimum atomic E-state index is -0.114. The lowest BCUT2D eigenvalue weighted by Gasteiger charge is -2.10. The van der Waals surface area contributed by atoms with Crippen LogP contribution in [0, 0.1) is 0 Å². The van der Waals surface area contributed by atoms with Crippen LogP contribution in [0.3, 0.4) is 0 Å². The number of hydrogen-bond acceptors (Lipinski definition) is 4. The van der Waals surface area contributed by atoms with E-state index in [1.54, 1.807) is 0 Å². The lowest BCUT2D eigenvalue weighted by atomic mass is 10.2. The summed E-state index contributed by atoms with van der Waals surface area (Å²) < 4.78 is 11.0. The van der Waals surface area contributed by atoms with Crippen LogP contribution in [0.25, 0.3) is 0 Å². The first-order valence-corrected chi connectivity index (χ1v) is 7.86. The maximum absolute atomic E-state index is 11.9. The highest BCUT2D eigenvalue weighted by molar-refractivity contribution is 5.92. The van der Waals surface area contributed by atoms with E-state index in [1.165, 1.54) is 12.8 Å². The Balaban J connectivity index is 1.26. The molecule has 0 unspecified atom stereocenters. The summed E-state index contributed by atoms with van der Waals surface area (Å²) in [4.78, 5) is 11.9. The minimum Gasteiger partial charge on any atom is -0.379 e. The Morgan fingerprint density at radius 1 is 1.48 bits per heavy atom. The zero-order valence-corrected chi connectivity index (χ0v) is 12.3. The molecule has 1 saturated carbocycles. The fraction of sp³-hybridized carbons (Fsp3) is 0.733. The number of aromatic amines is 1. The lowest BCUT2D eigenvalue weighted by Crippen LogP contribution is -2.26. The highest BCUT2D eigenvalue weighted by Crippen LogP contribution is 2.38. The molecule has 1 atom stereocenters. The van der Waals surface area contributed by atoms with Gasteiger partial charge in [-0.2, -0.15) is 5.10 Å². The van der Waals surface area contributed by atoms with Gasteiger partial charge < -0.3 is 14.8 Å². The molecule has 1 aliphatic carbocycles. The Kier molecular flexibility index (Phi) is 4.87. The second kappa shape index (κ2) is 7.04. The number of nitrogens with one attached hydrogen (secondary N) is 2. The average Bonchev–Trinajstić information content (AvgIpc) is 3.02. The van der Waals surface area contributed by atoms with Crippen LogP contribution in [0.15, 0.2) is 6.07 Å². The van der Waals surface area contributed by atoms with E-state index in [-0.39, 0.29) is 12.0 Å². The van der Waals surface area contributed by atoms with Crippen molar-refractivity contribution in [2.45, 2.75) is 44.1 Å². The number of aromatic nitrogens is 2. The molecule has 1 aromatic rings. The second-order valence-corrected chi connectivity index (χ2v) is 5.80. The van der Waals surface area contributed by atoms with Crippen molar-refractivity contribution in [1.29, 1.82) is 0 Å². The molecule has 6 nitrogen and oxygen atoms in total. The van der Waals surface area contributed by atoms with Crippen molar-refractivity contribution in [1.82, 2.24) is 15.5 Å². The third-order valence-corrected chi connectivity index (χ3v) is 3.93. The fourth-order valence-electron chi connectivity index (χ4n) is 2.51. The Labute approximate surface area is 124 Å². The van der Waals surface area contributed by atoms with Gasteiger partial charge in [0.2, 0.25) is 0 Å². The highest BCUT2D eigenvalue weighted by Gasteiger charge is 2.26. The highest BCUT2D eigenvalue weighted by atomic mass is 16.5. The maximum Gasteiger partial charge on any atom is 0.271 e. The van der Waals surface area contributed by atoms with Gasteiger partial charge in [-0.1, -0.05) is 0 Å². The molecule has 116 valence electrons. The number of carbonyl (C=O) groups excluding carboxylic acids is 1. The molecule has 2 aliphatic rings. The van der Waals surface area contributed by atoms with E-state index < -0.39 is 0 Å². The molecule has 3 rings (SSSR count). The predicted molar refractivity (Wildman–Crippen MR) is 77.3 cm³/mol. The zero-order valence-electron chi connectivity index (χ0n) is 12.3. The molecule has 1 aliphatic heterocycles. The third kappa shape index (κ3) is 4.28. The average molecular weight is 293 g/mol. The molecule has 2 N–H and O–H groups in total. The van der Waals surface area contributed by atoms with E-state index in [0.717, 1.165) is 31.6 Å². The number of hydrogen-bond donors (Lipinski definition) is 2. The standard InChI is InChI=1S/C15H23N3O3/c19-15(14-9-13(17-18-14)11-4-5-11)16-6-2-7-20-10-12-3-1-8-21-12/h9,11-12H,1-8,10H2,(H,16,19)(H,17,18)/t12-/m0/s1. The Hall–Kier alpha value is -1.40. The molecule has 2 heterocycles. The molecule has 0 spiro atoms. The van der Waals surface area contributed by atoms with Crippen molar-refractivity contribution in [2.24, 2.45) is 0 Å². The summed E-state index contributed by atoms with van der Waals surface area (Å²) in [6, 6.07) is 1.86. The van der Waals surface area contributed by atoms with Gasteiger partial charge in [-0.05, 0) is 38.2 Å². The first kappa shape index (κ1) is 14.5. The van der Waals surface area contributed by atoms with Crippen molar-refractivity contribution in [3.8, 4) is 0 Å². The van der Waals surface area contributed by atoms with Gasteiger partial charge >= 0.3 is 0 Å². The van der Waals surface area contributed by atoms with Crippen LogP contribution in [0.2, 0.25) is 0 Å². The number of nitrogens with zero attached hydrogens (tertiary/aromatic N) is 1. The molecule has 6 heteroatoms. The molecule has 2 fully saturated rings. The Bertz CT molecular complexity index is 464. The van der Waals surface area contributed by atoms with Gasteiger partial charge in [-0.15, -0.1) is 0 Å². The van der Waals surface area contributed by atoms with Crippen molar-refractivity contribution < 1.29 is 14.3 Å². The largest absolute Gasteiger partial charge is 0.379 e. The van der Waals surface area contributed by atoms with Gasteiger partial charge in [0.25, 0.3) is 5.91 Å². The summed E-state index contributed by atoms with van der Waals surface area (Å²) in [6.45, 7) is 2.78. The third-order valence-electron chi connectivity index (χ3n) is 3.93. The number of H-pyrrole nitrogens is 1. The predicted octanol–water partition coefficient (Wildman–Crippen LogP) is 1.60. The van der Waals surface area contributed by atoms with Crippen LogP contribution in [0.4, 0.5) is 0 Å². The van der Waals surface area contributed by atoms with Crippen LogP contribution in [-0.2, 0) is 9.47 Å². The van der Waals surface area contributed by atoms with Crippen molar-refractivity contribution in [3.63, 3.8) is 0 Å². The molecule has 21 heavy (non-hydrogen) atoms. The Morgan fingerprint density at radius 3 is 3.14 bits per heavy atom.